The summed E-state index contributed by atoms with van der Waals surface area (Å²) in [7, 11) is 0. The minimum atomic E-state index is -0.830. The molecule has 1 rings (SSSR count). The molecule has 0 fully saturated rings. The summed E-state index contributed by atoms with van der Waals surface area (Å²) in [4.78, 5) is 10.6. The zero-order valence-electron chi connectivity index (χ0n) is 6.78. The van der Waals surface area contributed by atoms with Crippen molar-refractivity contribution in [3.05, 3.63) is 28.0 Å². The van der Waals surface area contributed by atoms with Gasteiger partial charge >= 0.3 is 5.97 Å². The lowest BCUT2D eigenvalue weighted by Crippen LogP contribution is -1.98. The predicted octanol–water partition coefficient (Wildman–Crippen LogP) is 2.63. The maximum Gasteiger partial charge on any atom is 0.331 e. The van der Waals surface area contributed by atoms with Crippen LogP contribution >= 0.6 is 11.3 Å². The number of carboxylic acids is 1. The molecule has 12 heavy (non-hydrogen) atoms. The zero-order valence-corrected chi connectivity index (χ0v) is 7.60. The van der Waals surface area contributed by atoms with Crippen LogP contribution in [0.4, 0.5) is 0 Å². The van der Waals surface area contributed by atoms with Crippen LogP contribution in [0.15, 0.2) is 22.4 Å². The summed E-state index contributed by atoms with van der Waals surface area (Å²) in [5.74, 6) is -0.830. The number of hydrogen-bond acceptors (Lipinski definition) is 2. The molecule has 1 aromatic heterocycles. The van der Waals surface area contributed by atoms with Crippen LogP contribution < -0.4 is 0 Å². The van der Waals surface area contributed by atoms with Crippen LogP contribution in [0.2, 0.25) is 0 Å². The molecule has 3 heteroatoms. The van der Waals surface area contributed by atoms with Crippen LogP contribution in [0.25, 0.3) is 6.08 Å². The Kier molecular flexibility index (Phi) is 3.05. The van der Waals surface area contributed by atoms with E-state index in [0.717, 1.165) is 5.56 Å². The van der Waals surface area contributed by atoms with Crippen LogP contribution in [0.5, 0.6) is 0 Å². The lowest BCUT2D eigenvalue weighted by Gasteiger charge is -1.94. The Morgan fingerprint density at radius 1 is 1.75 bits per heavy atom. The Hall–Kier alpha value is -1.09. The van der Waals surface area contributed by atoms with E-state index >= 15 is 0 Å². The molecule has 1 aromatic rings. The van der Waals surface area contributed by atoms with Crippen LogP contribution in [0.3, 0.4) is 0 Å². The molecule has 0 radical (unpaired) electrons. The minimum absolute atomic E-state index is 0.452. The van der Waals surface area contributed by atoms with Crippen molar-refractivity contribution in [1.82, 2.24) is 0 Å². The van der Waals surface area contributed by atoms with E-state index in [1.807, 2.05) is 23.8 Å². The van der Waals surface area contributed by atoms with Gasteiger partial charge < -0.3 is 5.11 Å². The van der Waals surface area contributed by atoms with E-state index < -0.39 is 5.97 Å². The van der Waals surface area contributed by atoms with Gasteiger partial charge in [-0.15, -0.1) is 0 Å². The first-order chi connectivity index (χ1) is 5.74. The highest BCUT2D eigenvalue weighted by atomic mass is 32.1. The van der Waals surface area contributed by atoms with Crippen molar-refractivity contribution >= 4 is 23.4 Å². The number of thiophene rings is 1. The van der Waals surface area contributed by atoms with Crippen molar-refractivity contribution in [3.63, 3.8) is 0 Å². The third-order valence-electron chi connectivity index (χ3n) is 1.54. The summed E-state index contributed by atoms with van der Waals surface area (Å²) in [6, 6.07) is 1.91. The van der Waals surface area contributed by atoms with E-state index in [1.165, 1.54) is 0 Å². The first-order valence-electron chi connectivity index (χ1n) is 3.70. The topological polar surface area (TPSA) is 37.3 Å². The van der Waals surface area contributed by atoms with Gasteiger partial charge in [0.2, 0.25) is 0 Å². The van der Waals surface area contributed by atoms with Crippen LogP contribution in [-0.2, 0) is 4.79 Å². The predicted molar refractivity (Wildman–Crippen MR) is 50.2 cm³/mol. The summed E-state index contributed by atoms with van der Waals surface area (Å²) in [6.45, 7) is 1.84. The molecule has 0 saturated carbocycles. The average molecular weight is 182 g/mol. The molecule has 0 spiro atoms. The molecule has 0 saturated heterocycles. The Bertz CT molecular complexity index is 285. The second kappa shape index (κ2) is 4.07. The highest BCUT2D eigenvalue weighted by Crippen LogP contribution is 2.12. The van der Waals surface area contributed by atoms with Crippen molar-refractivity contribution < 1.29 is 9.90 Å². The molecule has 0 bridgehead atoms. The molecular formula is C9H10O2S. The monoisotopic (exact) mass is 182 g/mol. The third kappa shape index (κ3) is 2.20. The average Bonchev–Trinajstić information content (AvgIpc) is 2.51. The van der Waals surface area contributed by atoms with E-state index in [4.69, 9.17) is 5.11 Å². The van der Waals surface area contributed by atoms with Crippen molar-refractivity contribution in [3.8, 4) is 0 Å². The highest BCUT2D eigenvalue weighted by Gasteiger charge is 2.03. The molecule has 0 aliphatic rings. The largest absolute Gasteiger partial charge is 0.478 e. The van der Waals surface area contributed by atoms with Crippen molar-refractivity contribution in [1.29, 1.82) is 0 Å². The summed E-state index contributed by atoms with van der Waals surface area (Å²) in [5.41, 5.74) is 1.42. The van der Waals surface area contributed by atoms with Gasteiger partial charge in [-0.25, -0.2) is 4.79 Å². The van der Waals surface area contributed by atoms with Gasteiger partial charge in [-0.05, 0) is 34.9 Å². The quantitative estimate of drug-likeness (QED) is 0.729. The molecule has 0 atom stereocenters. The molecule has 0 aliphatic carbocycles. The normalized spacial score (nSPS) is 11.6. The Labute approximate surface area is 75.2 Å². The van der Waals surface area contributed by atoms with Gasteiger partial charge in [-0.3, -0.25) is 0 Å². The van der Waals surface area contributed by atoms with Gasteiger partial charge in [0.05, 0.1) is 0 Å². The summed E-state index contributed by atoms with van der Waals surface area (Å²) in [6.07, 6.45) is 2.27. The van der Waals surface area contributed by atoms with Crippen molar-refractivity contribution in [2.75, 3.05) is 0 Å². The van der Waals surface area contributed by atoms with Gasteiger partial charge in [0.25, 0.3) is 0 Å². The van der Waals surface area contributed by atoms with Crippen LogP contribution in [0, 0.1) is 0 Å². The molecule has 0 aromatic carbocycles. The number of rotatable bonds is 3. The first-order valence-corrected chi connectivity index (χ1v) is 4.64. The van der Waals surface area contributed by atoms with Crippen molar-refractivity contribution in [2.45, 2.75) is 13.3 Å². The molecule has 1 N–H and O–H groups in total. The van der Waals surface area contributed by atoms with Gasteiger partial charge in [0.15, 0.2) is 0 Å². The molecule has 0 amide bonds. The fourth-order valence-corrected chi connectivity index (χ4v) is 1.49. The van der Waals surface area contributed by atoms with Gasteiger partial charge in [-0.2, -0.15) is 11.3 Å². The lowest BCUT2D eigenvalue weighted by atomic mass is 10.1. The zero-order chi connectivity index (χ0) is 8.97. The maximum absolute atomic E-state index is 10.6. The van der Waals surface area contributed by atoms with E-state index in [1.54, 1.807) is 17.4 Å². The standard InChI is InChI=1S/C9H10O2S/c1-2-8(9(10)11)5-7-3-4-12-6-7/h3-6H,2H2,1H3,(H,10,11)/b8-5+. The number of aliphatic carboxylic acids is 1. The molecular weight excluding hydrogens is 172 g/mol. The summed E-state index contributed by atoms with van der Waals surface area (Å²) in [5, 5.41) is 12.6. The lowest BCUT2D eigenvalue weighted by molar-refractivity contribution is -0.132. The van der Waals surface area contributed by atoms with Crippen LogP contribution in [0.1, 0.15) is 18.9 Å². The smallest absolute Gasteiger partial charge is 0.331 e. The van der Waals surface area contributed by atoms with Gasteiger partial charge in [0.1, 0.15) is 0 Å². The first kappa shape index (κ1) is 9.00. The Balaban J connectivity index is 2.85. The summed E-state index contributed by atoms with van der Waals surface area (Å²) < 4.78 is 0. The SMILES string of the molecule is CC/C(=C\c1ccsc1)C(=O)O. The minimum Gasteiger partial charge on any atom is -0.478 e. The van der Waals surface area contributed by atoms with E-state index in [9.17, 15) is 4.79 Å². The molecule has 64 valence electrons. The van der Waals surface area contributed by atoms with E-state index in [-0.39, 0.29) is 0 Å². The number of hydrogen-bond donors (Lipinski definition) is 1. The number of carboxylic acid groups (broad SMARTS) is 1. The van der Waals surface area contributed by atoms with Crippen molar-refractivity contribution in [2.24, 2.45) is 0 Å². The summed E-state index contributed by atoms with van der Waals surface area (Å²) >= 11 is 1.57. The molecule has 0 unspecified atom stereocenters. The fourth-order valence-electron chi connectivity index (χ4n) is 0.873. The van der Waals surface area contributed by atoms with E-state index in [2.05, 4.69) is 0 Å². The molecule has 0 aliphatic heterocycles. The highest BCUT2D eigenvalue weighted by molar-refractivity contribution is 7.08. The van der Waals surface area contributed by atoms with Gasteiger partial charge in [-0.1, -0.05) is 6.92 Å². The van der Waals surface area contributed by atoms with E-state index in [0.29, 0.717) is 12.0 Å². The second-order valence-electron chi connectivity index (χ2n) is 2.38. The number of carbonyl (C=O) groups is 1. The Morgan fingerprint density at radius 2 is 2.50 bits per heavy atom. The second-order valence-corrected chi connectivity index (χ2v) is 3.16. The van der Waals surface area contributed by atoms with Crippen LogP contribution in [-0.4, -0.2) is 11.1 Å². The third-order valence-corrected chi connectivity index (χ3v) is 2.24. The Morgan fingerprint density at radius 3 is 2.92 bits per heavy atom. The maximum atomic E-state index is 10.6. The fraction of sp³-hybridized carbons (Fsp3) is 0.222. The molecule has 2 nitrogen and oxygen atoms in total. The van der Waals surface area contributed by atoms with Gasteiger partial charge in [0, 0.05) is 5.57 Å². The molecule has 1 heterocycles.